The van der Waals surface area contributed by atoms with Gasteiger partial charge in [-0.05, 0) is 6.42 Å². The maximum absolute atomic E-state index is 10.2. The van der Waals surface area contributed by atoms with Crippen LogP contribution < -0.4 is 0 Å². The average Bonchev–Trinajstić information content (AvgIpc) is 2.24. The summed E-state index contributed by atoms with van der Waals surface area (Å²) in [5.74, 6) is 0. The van der Waals surface area contributed by atoms with Crippen LogP contribution in [-0.4, -0.2) is 48.1 Å². The second kappa shape index (κ2) is 16.7. The molecule has 0 saturated carbocycles. The summed E-state index contributed by atoms with van der Waals surface area (Å²) in [6.07, 6.45) is 11.9. The molecule has 0 heterocycles. The molecule has 0 fully saturated rings. The van der Waals surface area contributed by atoms with Gasteiger partial charge in [0.15, 0.2) is 0 Å². The molecule has 0 unspecified atom stereocenters. The molecule has 0 aliphatic heterocycles. The molecule has 0 radical (unpaired) electrons. The van der Waals surface area contributed by atoms with E-state index in [2.05, 4.69) is 11.1 Å². The Morgan fingerprint density at radius 1 is 0.895 bits per heavy atom. The Morgan fingerprint density at radius 2 is 1.26 bits per heavy atom. The Kier molecular flexibility index (Phi) is 21.6. The van der Waals surface area contributed by atoms with E-state index in [0.29, 0.717) is 6.42 Å². The summed E-state index contributed by atoms with van der Waals surface area (Å²) >= 11 is 0. The summed E-state index contributed by atoms with van der Waals surface area (Å²) in [7, 11) is -4.23. The van der Waals surface area contributed by atoms with Gasteiger partial charge in [-0.3, -0.25) is 4.55 Å². The molecule has 0 aliphatic rings. The first kappa shape index (κ1) is 24.6. The molecule has 5 nitrogen and oxygen atoms in total. The summed E-state index contributed by atoms with van der Waals surface area (Å²) in [5, 5.41) is 0. The fourth-order valence-corrected chi connectivity index (χ4v) is 2.08. The molecule has 0 aromatic carbocycles. The number of hydrogen-bond donors (Lipinski definition) is 1. The Bertz CT molecular complexity index is 266. The zero-order valence-corrected chi connectivity index (χ0v) is 14.3. The van der Waals surface area contributed by atoms with Crippen LogP contribution in [0.4, 0.5) is 0 Å². The first-order chi connectivity index (χ1) is 8.06. The quantitative estimate of drug-likeness (QED) is 0.340. The molecule has 0 bridgehead atoms. The predicted molar refractivity (Wildman–Crippen MR) is 80.9 cm³/mol. The normalized spacial score (nSPS) is 10.6. The van der Waals surface area contributed by atoms with E-state index >= 15 is 0 Å². The molecular weight excluding hydrogens is 280 g/mol. The Hall–Kier alpha value is 0.596. The first-order valence-electron chi connectivity index (χ1n) is 6.68. The monoisotopic (exact) mass is 310 g/mol. The summed E-state index contributed by atoms with van der Waals surface area (Å²) in [5.41, 5.74) is 0. The van der Waals surface area contributed by atoms with Crippen molar-refractivity contribution in [2.24, 2.45) is 0 Å². The van der Waals surface area contributed by atoms with E-state index in [1.54, 1.807) is 0 Å². The van der Waals surface area contributed by atoms with Crippen LogP contribution in [0.3, 0.4) is 0 Å². The van der Waals surface area contributed by atoms with Crippen LogP contribution in [0.2, 0.25) is 0 Å². The third-order valence-corrected chi connectivity index (χ3v) is 3.19. The van der Waals surface area contributed by atoms with Gasteiger partial charge in [0.2, 0.25) is 0 Å². The van der Waals surface area contributed by atoms with Crippen molar-refractivity contribution < 1.29 is 25.5 Å². The van der Waals surface area contributed by atoms with Gasteiger partial charge in [-0.15, -0.1) is 0 Å². The molecule has 19 heavy (non-hydrogen) atoms. The van der Waals surface area contributed by atoms with E-state index < -0.39 is 10.4 Å². The van der Waals surface area contributed by atoms with E-state index in [4.69, 9.17) is 4.55 Å². The topological polar surface area (TPSA) is 95.1 Å². The van der Waals surface area contributed by atoms with E-state index in [-0.39, 0.29) is 38.0 Å². The fourth-order valence-electron chi connectivity index (χ4n) is 1.75. The molecule has 0 aliphatic carbocycles. The number of hydrogen-bond acceptors (Lipinski definition) is 3. The van der Waals surface area contributed by atoms with Crippen LogP contribution in [-0.2, 0) is 14.6 Å². The average molecular weight is 311 g/mol. The maximum Gasteiger partial charge on any atom is 2.00 e. The Morgan fingerprint density at radius 3 is 1.63 bits per heavy atom. The van der Waals surface area contributed by atoms with Crippen molar-refractivity contribution in [3.8, 4) is 0 Å². The van der Waals surface area contributed by atoms with Crippen molar-refractivity contribution in [3.05, 3.63) is 0 Å². The van der Waals surface area contributed by atoms with E-state index in [1.807, 2.05) is 0 Å². The second-order valence-corrected chi connectivity index (χ2v) is 5.52. The van der Waals surface area contributed by atoms with Crippen LogP contribution in [0.5, 0.6) is 0 Å². The van der Waals surface area contributed by atoms with Gasteiger partial charge in [0.1, 0.15) is 0 Å². The smallest absolute Gasteiger partial charge is 1.00 e. The Labute approximate surface area is 136 Å². The zero-order chi connectivity index (χ0) is 13.0. The minimum absolute atomic E-state index is 0. The number of unbranched alkanes of at least 4 members (excludes halogenated alkanes) is 9. The molecule has 0 amide bonds. The van der Waals surface area contributed by atoms with Crippen molar-refractivity contribution in [1.29, 1.82) is 0 Å². The molecule has 0 spiro atoms. The zero-order valence-electron chi connectivity index (χ0n) is 14.1. The van der Waals surface area contributed by atoms with Gasteiger partial charge in [-0.1, -0.05) is 64.7 Å². The van der Waals surface area contributed by atoms with E-state index in [0.717, 1.165) is 12.8 Å². The molecule has 0 aromatic rings. The third-order valence-electron chi connectivity index (χ3n) is 2.73. The SMILES string of the molecule is CCCCCCCCCCCCOS(=O)(=O)O.O.[H-].[H-].[Mg+2]. The van der Waals surface area contributed by atoms with Crippen LogP contribution in [0.25, 0.3) is 0 Å². The van der Waals surface area contributed by atoms with Crippen molar-refractivity contribution in [2.75, 3.05) is 6.61 Å². The maximum atomic E-state index is 10.2. The number of rotatable bonds is 12. The van der Waals surface area contributed by atoms with E-state index in [9.17, 15) is 8.42 Å². The van der Waals surface area contributed by atoms with Crippen molar-refractivity contribution in [3.63, 3.8) is 0 Å². The van der Waals surface area contributed by atoms with Gasteiger partial charge in [0, 0.05) is 0 Å². The van der Waals surface area contributed by atoms with E-state index in [1.165, 1.54) is 44.9 Å². The summed E-state index contributed by atoms with van der Waals surface area (Å²) in [6, 6.07) is 0. The predicted octanol–water partition coefficient (Wildman–Crippen LogP) is 2.75. The second-order valence-electron chi connectivity index (χ2n) is 4.43. The summed E-state index contributed by atoms with van der Waals surface area (Å²) in [4.78, 5) is 0. The first-order valence-corrected chi connectivity index (χ1v) is 8.04. The summed E-state index contributed by atoms with van der Waals surface area (Å²) in [6.45, 7) is 2.31. The largest absolute Gasteiger partial charge is 2.00 e. The third kappa shape index (κ3) is 24.0. The van der Waals surface area contributed by atoms with Crippen molar-refractivity contribution in [1.82, 2.24) is 0 Å². The van der Waals surface area contributed by atoms with Gasteiger partial charge >= 0.3 is 33.5 Å². The molecule has 116 valence electrons. The molecular formula is C12H30MgO5S. The fraction of sp³-hybridized carbons (Fsp3) is 1.00. The minimum atomic E-state index is -4.23. The molecule has 0 saturated heterocycles. The summed E-state index contributed by atoms with van der Waals surface area (Å²) < 4.78 is 33.0. The Balaban J connectivity index is -0.000000213. The van der Waals surface area contributed by atoms with Crippen LogP contribution >= 0.6 is 0 Å². The van der Waals surface area contributed by atoms with Crippen LogP contribution in [0, 0.1) is 0 Å². The molecule has 3 N–H and O–H groups in total. The van der Waals surface area contributed by atoms with Crippen LogP contribution in [0.1, 0.15) is 74.0 Å². The van der Waals surface area contributed by atoms with Gasteiger partial charge in [-0.2, -0.15) is 8.42 Å². The van der Waals surface area contributed by atoms with Gasteiger partial charge < -0.3 is 8.33 Å². The van der Waals surface area contributed by atoms with Gasteiger partial charge in [-0.25, -0.2) is 4.18 Å². The minimum Gasteiger partial charge on any atom is -1.00 e. The molecule has 0 atom stereocenters. The van der Waals surface area contributed by atoms with Gasteiger partial charge in [0.25, 0.3) is 0 Å². The standard InChI is InChI=1S/C12H26O4S.Mg.H2O.2H/c1-2-3-4-5-6-7-8-9-10-11-12-16-17(13,14)15;;;;/h2-12H2,1H3,(H,13,14,15);;1H2;;/q;+2;;2*-1. The van der Waals surface area contributed by atoms with Crippen LogP contribution in [0.15, 0.2) is 0 Å². The molecule has 7 heteroatoms. The molecule has 0 rings (SSSR count). The molecule has 0 aromatic heterocycles. The van der Waals surface area contributed by atoms with Gasteiger partial charge in [0.05, 0.1) is 6.61 Å². The van der Waals surface area contributed by atoms with Crippen molar-refractivity contribution in [2.45, 2.75) is 71.1 Å². The van der Waals surface area contributed by atoms with Crippen molar-refractivity contribution >= 4 is 33.5 Å².